The van der Waals surface area contributed by atoms with Crippen molar-refractivity contribution < 1.29 is 23.4 Å². The van der Waals surface area contributed by atoms with Crippen LogP contribution in [0.1, 0.15) is 34.6 Å². The minimum Gasteiger partial charge on any atom is -0.455 e. The molecule has 3 atom stereocenters. The van der Waals surface area contributed by atoms with Gasteiger partial charge in [-0.15, -0.1) is 0 Å². The molecule has 2 heterocycles. The fourth-order valence-corrected chi connectivity index (χ4v) is 3.18. The van der Waals surface area contributed by atoms with E-state index >= 15 is 0 Å². The van der Waals surface area contributed by atoms with Gasteiger partial charge < -0.3 is 18.6 Å². The first-order valence-corrected chi connectivity index (χ1v) is 10.0. The number of fused-ring (bicyclic) bond motifs is 1. The number of esters is 1. The zero-order valence-electron chi connectivity index (χ0n) is 13.5. The standard InChI is InChI=1S/C14H26O5Si/c1-13(2,3)20(6,7)16-8-9-10-11(12(15)17-9)19-14(4,5)18-10/h9-11H,8H2,1-7H3/t9?,10-,11-/m1/s1. The molecule has 2 aliphatic rings. The van der Waals surface area contributed by atoms with Crippen molar-refractivity contribution in [1.29, 1.82) is 0 Å². The van der Waals surface area contributed by atoms with Crippen molar-refractivity contribution in [3.8, 4) is 0 Å². The van der Waals surface area contributed by atoms with Gasteiger partial charge in [-0.1, -0.05) is 20.8 Å². The Bertz CT molecular complexity index is 399. The van der Waals surface area contributed by atoms with Gasteiger partial charge in [0, 0.05) is 0 Å². The molecule has 0 amide bonds. The van der Waals surface area contributed by atoms with Crippen LogP contribution in [-0.2, 0) is 23.4 Å². The van der Waals surface area contributed by atoms with Gasteiger partial charge in [0.15, 0.2) is 26.3 Å². The van der Waals surface area contributed by atoms with Crippen LogP contribution in [0.25, 0.3) is 0 Å². The number of rotatable bonds is 3. The van der Waals surface area contributed by atoms with Gasteiger partial charge in [-0.2, -0.15) is 0 Å². The Balaban J connectivity index is 2.00. The molecule has 0 aromatic carbocycles. The van der Waals surface area contributed by atoms with Crippen molar-refractivity contribution >= 4 is 14.3 Å². The van der Waals surface area contributed by atoms with E-state index in [2.05, 4.69) is 33.9 Å². The maximum Gasteiger partial charge on any atom is 0.338 e. The van der Waals surface area contributed by atoms with Crippen LogP contribution in [0.15, 0.2) is 0 Å². The number of ether oxygens (including phenoxy) is 3. The molecule has 5 nitrogen and oxygen atoms in total. The van der Waals surface area contributed by atoms with Crippen molar-refractivity contribution in [2.45, 2.75) is 76.8 Å². The number of hydrogen-bond acceptors (Lipinski definition) is 5. The van der Waals surface area contributed by atoms with E-state index < -0.39 is 20.2 Å². The highest BCUT2D eigenvalue weighted by Gasteiger charge is 2.56. The first kappa shape index (κ1) is 15.9. The average Bonchev–Trinajstić information content (AvgIpc) is 2.70. The molecule has 1 unspecified atom stereocenters. The Hall–Kier alpha value is -0.433. The third-order valence-electron chi connectivity index (χ3n) is 4.41. The van der Waals surface area contributed by atoms with Gasteiger partial charge in [0.05, 0.1) is 6.61 Å². The molecular formula is C14H26O5Si. The second-order valence-electron chi connectivity index (χ2n) is 7.57. The van der Waals surface area contributed by atoms with E-state index in [1.165, 1.54) is 0 Å². The lowest BCUT2D eigenvalue weighted by atomic mass is 10.1. The highest BCUT2D eigenvalue weighted by atomic mass is 28.4. The maximum absolute atomic E-state index is 11.8. The normalized spacial score (nSPS) is 33.1. The predicted molar refractivity (Wildman–Crippen MR) is 76.9 cm³/mol. The topological polar surface area (TPSA) is 54.0 Å². The lowest BCUT2D eigenvalue weighted by molar-refractivity contribution is -0.188. The second kappa shape index (κ2) is 4.80. The molecule has 2 aliphatic heterocycles. The molecule has 6 heteroatoms. The average molecular weight is 302 g/mol. The largest absolute Gasteiger partial charge is 0.455 e. The Morgan fingerprint density at radius 3 is 2.40 bits per heavy atom. The number of hydrogen-bond donors (Lipinski definition) is 0. The van der Waals surface area contributed by atoms with Gasteiger partial charge in [-0.25, -0.2) is 4.79 Å². The number of carbonyl (C=O) groups excluding carboxylic acids is 1. The summed E-state index contributed by atoms with van der Waals surface area (Å²) in [6.45, 7) is 14.9. The van der Waals surface area contributed by atoms with Crippen molar-refractivity contribution in [3.05, 3.63) is 0 Å². The molecule has 20 heavy (non-hydrogen) atoms. The van der Waals surface area contributed by atoms with Crippen LogP contribution in [0.3, 0.4) is 0 Å². The molecule has 2 rings (SSSR count). The summed E-state index contributed by atoms with van der Waals surface area (Å²) in [5.41, 5.74) is 0. The van der Waals surface area contributed by atoms with Gasteiger partial charge in [0.1, 0.15) is 6.10 Å². The van der Waals surface area contributed by atoms with Crippen LogP contribution in [0, 0.1) is 0 Å². The third kappa shape index (κ3) is 2.93. The van der Waals surface area contributed by atoms with Crippen LogP contribution < -0.4 is 0 Å². The molecule has 0 N–H and O–H groups in total. The van der Waals surface area contributed by atoms with E-state index in [0.717, 1.165) is 0 Å². The lowest BCUT2D eigenvalue weighted by Gasteiger charge is -2.37. The summed E-state index contributed by atoms with van der Waals surface area (Å²) in [6, 6.07) is 0. The molecule has 0 aliphatic carbocycles. The first-order valence-electron chi connectivity index (χ1n) is 7.13. The molecule has 0 bridgehead atoms. The molecule has 2 saturated heterocycles. The van der Waals surface area contributed by atoms with Crippen molar-refractivity contribution in [1.82, 2.24) is 0 Å². The summed E-state index contributed by atoms with van der Waals surface area (Å²) in [7, 11) is -1.86. The van der Waals surface area contributed by atoms with Crippen molar-refractivity contribution in [3.63, 3.8) is 0 Å². The van der Waals surface area contributed by atoms with E-state index in [-0.39, 0.29) is 23.2 Å². The van der Waals surface area contributed by atoms with E-state index in [0.29, 0.717) is 6.61 Å². The molecular weight excluding hydrogens is 276 g/mol. The quantitative estimate of drug-likeness (QED) is 0.592. The van der Waals surface area contributed by atoms with Crippen LogP contribution in [0.4, 0.5) is 0 Å². The zero-order chi connectivity index (χ0) is 15.3. The lowest BCUT2D eigenvalue weighted by Crippen LogP contribution is -2.44. The van der Waals surface area contributed by atoms with E-state index in [1.807, 2.05) is 13.8 Å². The molecule has 0 aromatic rings. The number of cyclic esters (lactones) is 1. The summed E-state index contributed by atoms with van der Waals surface area (Å²) in [4.78, 5) is 11.8. The molecule has 0 spiro atoms. The summed E-state index contributed by atoms with van der Waals surface area (Å²) >= 11 is 0. The van der Waals surface area contributed by atoms with Crippen molar-refractivity contribution in [2.24, 2.45) is 0 Å². The Morgan fingerprint density at radius 1 is 1.25 bits per heavy atom. The zero-order valence-corrected chi connectivity index (χ0v) is 14.5. The van der Waals surface area contributed by atoms with Gasteiger partial charge >= 0.3 is 5.97 Å². The van der Waals surface area contributed by atoms with E-state index in [1.54, 1.807) is 0 Å². The molecule has 2 fully saturated rings. The smallest absolute Gasteiger partial charge is 0.338 e. The van der Waals surface area contributed by atoms with Gasteiger partial charge in [-0.05, 0) is 32.0 Å². The van der Waals surface area contributed by atoms with Crippen LogP contribution in [-0.4, -0.2) is 45.0 Å². The summed E-state index contributed by atoms with van der Waals surface area (Å²) in [5, 5.41) is 0.126. The third-order valence-corrected chi connectivity index (χ3v) is 8.91. The highest BCUT2D eigenvalue weighted by Crippen LogP contribution is 2.39. The summed E-state index contributed by atoms with van der Waals surface area (Å²) in [5.74, 6) is -1.08. The van der Waals surface area contributed by atoms with Crippen LogP contribution in [0.5, 0.6) is 0 Å². The highest BCUT2D eigenvalue weighted by molar-refractivity contribution is 6.74. The minimum absolute atomic E-state index is 0.126. The summed E-state index contributed by atoms with van der Waals surface area (Å²) < 4.78 is 22.8. The minimum atomic E-state index is -1.86. The SMILES string of the molecule is CC1(C)O[C@@H]2C(CO[Si](C)(C)C(C)(C)C)OC(=O)[C@@H]2O1. The Morgan fingerprint density at radius 2 is 1.85 bits per heavy atom. The van der Waals surface area contributed by atoms with E-state index in [4.69, 9.17) is 18.6 Å². The van der Waals surface area contributed by atoms with Gasteiger partial charge in [0.2, 0.25) is 0 Å². The molecule has 0 saturated carbocycles. The first-order chi connectivity index (χ1) is 8.93. The molecule has 116 valence electrons. The Kier molecular flexibility index (Phi) is 3.82. The Labute approximate surface area is 122 Å². The van der Waals surface area contributed by atoms with E-state index in [9.17, 15) is 4.79 Å². The summed E-state index contributed by atoms with van der Waals surface area (Å²) in [6.07, 6.45) is -1.34. The fourth-order valence-electron chi connectivity index (χ4n) is 2.16. The molecule has 0 aromatic heterocycles. The monoisotopic (exact) mass is 302 g/mol. The molecule has 0 radical (unpaired) electrons. The van der Waals surface area contributed by atoms with Gasteiger partial charge in [0.25, 0.3) is 0 Å². The number of carbonyl (C=O) groups is 1. The second-order valence-corrected chi connectivity index (χ2v) is 12.4. The predicted octanol–water partition coefficient (Wildman–Crippen LogP) is 2.45. The van der Waals surface area contributed by atoms with Gasteiger partial charge in [-0.3, -0.25) is 0 Å². The van der Waals surface area contributed by atoms with Crippen LogP contribution in [0.2, 0.25) is 18.1 Å². The van der Waals surface area contributed by atoms with Crippen molar-refractivity contribution in [2.75, 3.05) is 6.61 Å². The fraction of sp³-hybridized carbons (Fsp3) is 0.929. The van der Waals surface area contributed by atoms with Crippen LogP contribution >= 0.6 is 0 Å². The maximum atomic E-state index is 11.8.